The fraction of sp³-hybridized carbons (Fsp3) is 0.148. The molecule has 4 rings (SSSR count). The number of nitrogens with one attached hydrogen (secondary N) is 3. The van der Waals surface area contributed by atoms with E-state index in [9.17, 15) is 9.59 Å². The van der Waals surface area contributed by atoms with Crippen LogP contribution in [-0.2, 0) is 17.4 Å². The van der Waals surface area contributed by atoms with Crippen LogP contribution in [0, 0.1) is 0 Å². The van der Waals surface area contributed by atoms with E-state index in [2.05, 4.69) is 57.4 Å². The zero-order valence-corrected chi connectivity index (χ0v) is 19.3. The number of carbonyl (C=O) groups is 2. The molecule has 1 heterocycles. The number of rotatable bonds is 9. The van der Waals surface area contributed by atoms with E-state index < -0.39 is 11.6 Å². The van der Waals surface area contributed by atoms with Crippen LogP contribution in [0.25, 0.3) is 0 Å². The summed E-state index contributed by atoms with van der Waals surface area (Å²) in [5, 5.41) is 21.9. The fourth-order valence-electron chi connectivity index (χ4n) is 4.13. The van der Waals surface area contributed by atoms with Crippen LogP contribution in [0.5, 0.6) is 0 Å². The van der Waals surface area contributed by atoms with E-state index >= 15 is 0 Å². The molecule has 0 fully saturated rings. The molecule has 0 aliphatic carbocycles. The molecule has 0 spiro atoms. The van der Waals surface area contributed by atoms with E-state index in [1.165, 1.54) is 0 Å². The number of amides is 2. The quantitative estimate of drug-likeness (QED) is 0.271. The SMILES string of the molecule is Cn1ncc(NC(=O)CCNC(=O)O)c1NC(c1ccccc1)(c1ccccc1)c1ccccc1. The number of carboxylic acid groups (broad SMARTS) is 1. The summed E-state index contributed by atoms with van der Waals surface area (Å²) in [5.74, 6) is 0.292. The molecule has 3 aromatic carbocycles. The predicted octanol–water partition coefficient (Wildman–Crippen LogP) is 4.42. The largest absolute Gasteiger partial charge is 0.465 e. The van der Waals surface area contributed by atoms with Crippen molar-refractivity contribution in [1.82, 2.24) is 15.1 Å². The van der Waals surface area contributed by atoms with Gasteiger partial charge >= 0.3 is 6.09 Å². The summed E-state index contributed by atoms with van der Waals surface area (Å²) in [4.78, 5) is 23.2. The van der Waals surface area contributed by atoms with Gasteiger partial charge in [0.1, 0.15) is 17.0 Å². The first-order valence-corrected chi connectivity index (χ1v) is 11.2. The van der Waals surface area contributed by atoms with E-state index in [0.29, 0.717) is 11.5 Å². The first-order chi connectivity index (χ1) is 17.0. The molecule has 2 amide bonds. The Kier molecular flexibility index (Phi) is 7.11. The van der Waals surface area contributed by atoms with Crippen LogP contribution in [0.1, 0.15) is 23.1 Å². The Bertz CT molecular complexity index is 1180. The third kappa shape index (κ3) is 5.16. The predicted molar refractivity (Wildman–Crippen MR) is 135 cm³/mol. The number of hydrogen-bond acceptors (Lipinski definition) is 4. The third-order valence-electron chi connectivity index (χ3n) is 5.77. The summed E-state index contributed by atoms with van der Waals surface area (Å²) in [7, 11) is 1.80. The van der Waals surface area contributed by atoms with Gasteiger partial charge in [-0.2, -0.15) is 5.10 Å². The van der Waals surface area contributed by atoms with Gasteiger partial charge in [-0.1, -0.05) is 91.0 Å². The molecule has 0 unspecified atom stereocenters. The molecule has 35 heavy (non-hydrogen) atoms. The van der Waals surface area contributed by atoms with Gasteiger partial charge in [0.25, 0.3) is 0 Å². The van der Waals surface area contributed by atoms with Crippen LogP contribution in [0.2, 0.25) is 0 Å². The van der Waals surface area contributed by atoms with Crippen molar-refractivity contribution in [3.05, 3.63) is 114 Å². The normalized spacial score (nSPS) is 11.0. The summed E-state index contributed by atoms with van der Waals surface area (Å²) < 4.78 is 1.68. The summed E-state index contributed by atoms with van der Waals surface area (Å²) in [6.07, 6.45) is 0.415. The van der Waals surface area contributed by atoms with Crippen LogP contribution in [-0.4, -0.2) is 33.4 Å². The molecule has 0 atom stereocenters. The van der Waals surface area contributed by atoms with E-state index in [0.717, 1.165) is 16.7 Å². The number of hydrogen-bond donors (Lipinski definition) is 4. The third-order valence-corrected chi connectivity index (χ3v) is 5.77. The fourth-order valence-corrected chi connectivity index (χ4v) is 4.13. The molecule has 4 aromatic rings. The van der Waals surface area contributed by atoms with Crippen molar-refractivity contribution in [2.45, 2.75) is 12.0 Å². The van der Waals surface area contributed by atoms with Crippen LogP contribution in [0.4, 0.5) is 16.3 Å². The Labute approximate surface area is 203 Å². The van der Waals surface area contributed by atoms with E-state index in [4.69, 9.17) is 5.11 Å². The summed E-state index contributed by atoms with van der Waals surface area (Å²) in [6, 6.07) is 30.3. The Morgan fingerprint density at radius 2 is 1.34 bits per heavy atom. The maximum atomic E-state index is 12.5. The van der Waals surface area contributed by atoms with Crippen molar-refractivity contribution in [1.29, 1.82) is 0 Å². The van der Waals surface area contributed by atoms with E-state index in [1.54, 1.807) is 17.9 Å². The number of nitrogens with zero attached hydrogens (tertiary/aromatic N) is 2. The summed E-state index contributed by atoms with van der Waals surface area (Å²) in [5.41, 5.74) is 2.76. The van der Waals surface area contributed by atoms with Crippen LogP contribution in [0.3, 0.4) is 0 Å². The lowest BCUT2D eigenvalue weighted by atomic mass is 9.77. The molecule has 4 N–H and O–H groups in total. The molecule has 0 aliphatic heterocycles. The number of benzene rings is 3. The highest BCUT2D eigenvalue weighted by atomic mass is 16.4. The van der Waals surface area contributed by atoms with Crippen molar-refractivity contribution < 1.29 is 14.7 Å². The summed E-state index contributed by atoms with van der Waals surface area (Å²) in [6.45, 7) is 0.0200. The lowest BCUT2D eigenvalue weighted by Crippen LogP contribution is -2.39. The van der Waals surface area contributed by atoms with Crippen molar-refractivity contribution in [2.24, 2.45) is 7.05 Å². The second kappa shape index (κ2) is 10.6. The highest BCUT2D eigenvalue weighted by molar-refractivity contribution is 5.94. The van der Waals surface area contributed by atoms with Gasteiger partial charge in [0, 0.05) is 20.0 Å². The molecule has 8 nitrogen and oxygen atoms in total. The van der Waals surface area contributed by atoms with Gasteiger partial charge in [0.15, 0.2) is 0 Å². The summed E-state index contributed by atoms with van der Waals surface area (Å²) >= 11 is 0. The van der Waals surface area contributed by atoms with Gasteiger partial charge in [-0.25, -0.2) is 4.79 Å². The lowest BCUT2D eigenvalue weighted by molar-refractivity contribution is -0.116. The molecule has 0 bridgehead atoms. The number of aromatic nitrogens is 2. The first kappa shape index (κ1) is 23.6. The van der Waals surface area contributed by atoms with Crippen molar-refractivity contribution >= 4 is 23.5 Å². The zero-order valence-electron chi connectivity index (χ0n) is 19.3. The smallest absolute Gasteiger partial charge is 0.404 e. The highest BCUT2D eigenvalue weighted by Gasteiger charge is 2.37. The number of carbonyl (C=O) groups excluding carboxylic acids is 1. The van der Waals surface area contributed by atoms with Crippen LogP contribution in [0.15, 0.2) is 97.2 Å². The Balaban J connectivity index is 1.79. The van der Waals surface area contributed by atoms with Gasteiger partial charge < -0.3 is 21.1 Å². The van der Waals surface area contributed by atoms with Crippen molar-refractivity contribution in [3.8, 4) is 0 Å². The molecule has 0 aliphatic rings. The van der Waals surface area contributed by atoms with E-state index in [1.807, 2.05) is 54.6 Å². The molecule has 178 valence electrons. The van der Waals surface area contributed by atoms with Crippen LogP contribution < -0.4 is 16.0 Å². The minimum absolute atomic E-state index is 0.00182. The van der Waals surface area contributed by atoms with Gasteiger partial charge in [-0.15, -0.1) is 0 Å². The van der Waals surface area contributed by atoms with Crippen LogP contribution >= 0.6 is 0 Å². The minimum atomic E-state index is -1.17. The second-order valence-electron chi connectivity index (χ2n) is 8.03. The monoisotopic (exact) mass is 469 g/mol. The van der Waals surface area contributed by atoms with Gasteiger partial charge in [0.2, 0.25) is 5.91 Å². The Hall–Kier alpha value is -4.59. The molecule has 8 heteroatoms. The van der Waals surface area contributed by atoms with Gasteiger partial charge in [-0.05, 0) is 16.7 Å². The van der Waals surface area contributed by atoms with Gasteiger partial charge in [-0.3, -0.25) is 9.48 Å². The average molecular weight is 470 g/mol. The maximum absolute atomic E-state index is 12.5. The highest BCUT2D eigenvalue weighted by Crippen LogP contribution is 2.41. The zero-order chi connectivity index (χ0) is 24.7. The Morgan fingerprint density at radius 1 is 0.857 bits per heavy atom. The standard InChI is InChI=1S/C27H27N5O3/c1-32-25(23(19-29-32)30-24(33)17-18-28-26(34)35)31-27(20-11-5-2-6-12-20,21-13-7-3-8-14-21)22-15-9-4-10-16-22/h2-16,19,28,31H,17-18H2,1H3,(H,30,33)(H,34,35). The average Bonchev–Trinajstić information content (AvgIpc) is 3.22. The number of aryl methyl sites for hydroxylation is 1. The topological polar surface area (TPSA) is 108 Å². The maximum Gasteiger partial charge on any atom is 0.404 e. The molecular weight excluding hydrogens is 442 g/mol. The van der Waals surface area contributed by atoms with Gasteiger partial charge in [0.05, 0.1) is 6.20 Å². The second-order valence-corrected chi connectivity index (χ2v) is 8.03. The Morgan fingerprint density at radius 3 is 1.80 bits per heavy atom. The minimum Gasteiger partial charge on any atom is -0.465 e. The van der Waals surface area contributed by atoms with Crippen molar-refractivity contribution in [3.63, 3.8) is 0 Å². The molecule has 0 saturated heterocycles. The molecule has 0 saturated carbocycles. The number of anilines is 2. The van der Waals surface area contributed by atoms with Crippen molar-refractivity contribution in [2.75, 3.05) is 17.2 Å². The molecular formula is C27H27N5O3. The lowest BCUT2D eigenvalue weighted by Gasteiger charge is -2.38. The van der Waals surface area contributed by atoms with E-state index in [-0.39, 0.29) is 18.9 Å². The molecule has 1 aromatic heterocycles. The molecule has 0 radical (unpaired) electrons. The first-order valence-electron chi connectivity index (χ1n) is 11.2.